The molecule has 0 saturated carbocycles. The first-order valence-electron chi connectivity index (χ1n) is 7.81. The highest BCUT2D eigenvalue weighted by molar-refractivity contribution is 7.09. The van der Waals surface area contributed by atoms with Gasteiger partial charge in [-0.05, 0) is 49.4 Å². The summed E-state index contributed by atoms with van der Waals surface area (Å²) in [5, 5.41) is 3.30. The van der Waals surface area contributed by atoms with Gasteiger partial charge in [0.2, 0.25) is 0 Å². The number of aryl methyl sites for hydroxylation is 1. The highest BCUT2D eigenvalue weighted by Gasteiger charge is 2.06. The minimum atomic E-state index is -0.453. The number of esters is 1. The predicted molar refractivity (Wildman–Crippen MR) is 100 cm³/mol. The molecule has 2 heterocycles. The number of halogens is 1. The normalized spacial score (nSPS) is 11.0. The number of aromatic nitrogens is 1. The summed E-state index contributed by atoms with van der Waals surface area (Å²) in [5.74, 6) is 1.66. The Labute approximate surface area is 159 Å². The first-order chi connectivity index (χ1) is 12.6. The van der Waals surface area contributed by atoms with Crippen LogP contribution in [0, 0.1) is 6.92 Å². The predicted octanol–water partition coefficient (Wildman–Crippen LogP) is 5.03. The van der Waals surface area contributed by atoms with E-state index in [1.807, 2.05) is 18.4 Å². The zero-order valence-electron chi connectivity index (χ0n) is 14.0. The molecule has 0 aliphatic rings. The van der Waals surface area contributed by atoms with Crippen molar-refractivity contribution in [3.05, 3.63) is 75.1 Å². The number of furan rings is 1. The first-order valence-corrected chi connectivity index (χ1v) is 9.07. The number of ether oxygens (including phenoxy) is 2. The molecule has 0 fully saturated rings. The molecule has 3 rings (SSSR count). The molecule has 0 aliphatic carbocycles. The van der Waals surface area contributed by atoms with Gasteiger partial charge in [0, 0.05) is 16.5 Å². The molecule has 0 amide bonds. The average Bonchev–Trinajstić information content (AvgIpc) is 3.26. The van der Waals surface area contributed by atoms with Gasteiger partial charge < -0.3 is 13.9 Å². The Morgan fingerprint density at radius 1 is 1.23 bits per heavy atom. The number of thiazole rings is 1. The smallest absolute Gasteiger partial charge is 0.331 e. The Hall–Kier alpha value is -2.57. The second kappa shape index (κ2) is 8.69. The first kappa shape index (κ1) is 18.2. The zero-order chi connectivity index (χ0) is 18.4. The molecule has 0 N–H and O–H groups in total. The van der Waals surface area contributed by atoms with Gasteiger partial charge in [-0.3, -0.25) is 0 Å². The van der Waals surface area contributed by atoms with Crippen molar-refractivity contribution in [1.82, 2.24) is 4.98 Å². The molecule has 26 heavy (non-hydrogen) atoms. The molecular weight excluding hydrogens is 374 g/mol. The molecule has 0 atom stereocenters. The highest BCUT2D eigenvalue weighted by Crippen LogP contribution is 2.18. The largest absolute Gasteiger partial charge is 0.486 e. The van der Waals surface area contributed by atoms with Crippen molar-refractivity contribution in [2.75, 3.05) is 0 Å². The second-order valence-electron chi connectivity index (χ2n) is 5.36. The summed E-state index contributed by atoms with van der Waals surface area (Å²) in [6, 6.07) is 10.7. The molecule has 1 aromatic carbocycles. The third kappa shape index (κ3) is 5.47. The lowest BCUT2D eigenvalue weighted by Gasteiger charge is -2.03. The van der Waals surface area contributed by atoms with Crippen molar-refractivity contribution >= 4 is 35.0 Å². The van der Waals surface area contributed by atoms with Crippen molar-refractivity contribution in [1.29, 1.82) is 0 Å². The lowest BCUT2D eigenvalue weighted by molar-refractivity contribution is -0.139. The van der Waals surface area contributed by atoms with Crippen LogP contribution in [0.1, 0.15) is 22.2 Å². The lowest BCUT2D eigenvalue weighted by atomic mass is 10.3. The fourth-order valence-corrected chi connectivity index (χ4v) is 2.86. The third-order valence-electron chi connectivity index (χ3n) is 3.28. The van der Waals surface area contributed by atoms with Gasteiger partial charge in [-0.1, -0.05) is 11.6 Å². The van der Waals surface area contributed by atoms with E-state index >= 15 is 0 Å². The Morgan fingerprint density at radius 2 is 2.04 bits per heavy atom. The summed E-state index contributed by atoms with van der Waals surface area (Å²) in [4.78, 5) is 16.1. The molecule has 5 nitrogen and oxygen atoms in total. The van der Waals surface area contributed by atoms with Gasteiger partial charge in [0.15, 0.2) is 0 Å². The van der Waals surface area contributed by atoms with Gasteiger partial charge in [-0.15, -0.1) is 11.3 Å². The van der Waals surface area contributed by atoms with E-state index in [1.54, 1.807) is 36.4 Å². The van der Waals surface area contributed by atoms with Crippen LogP contribution in [0.15, 0.2) is 52.3 Å². The van der Waals surface area contributed by atoms with Gasteiger partial charge >= 0.3 is 5.97 Å². The maximum atomic E-state index is 11.7. The van der Waals surface area contributed by atoms with Crippen molar-refractivity contribution in [2.45, 2.75) is 20.1 Å². The van der Waals surface area contributed by atoms with E-state index in [-0.39, 0.29) is 6.61 Å². The highest BCUT2D eigenvalue weighted by atomic mass is 35.5. The van der Waals surface area contributed by atoms with E-state index in [0.29, 0.717) is 23.1 Å². The van der Waals surface area contributed by atoms with E-state index in [1.165, 1.54) is 17.4 Å². The molecule has 7 heteroatoms. The number of hydrogen-bond acceptors (Lipinski definition) is 6. The number of rotatable bonds is 7. The van der Waals surface area contributed by atoms with E-state index in [9.17, 15) is 4.79 Å². The molecule has 0 saturated heterocycles. The van der Waals surface area contributed by atoms with Crippen molar-refractivity contribution < 1.29 is 18.7 Å². The minimum absolute atomic E-state index is 0.109. The third-order valence-corrected chi connectivity index (χ3v) is 4.41. The van der Waals surface area contributed by atoms with Crippen LogP contribution in [-0.4, -0.2) is 11.0 Å². The summed E-state index contributed by atoms with van der Waals surface area (Å²) in [7, 11) is 0. The maximum absolute atomic E-state index is 11.7. The van der Waals surface area contributed by atoms with Gasteiger partial charge in [0.1, 0.15) is 35.5 Å². The summed E-state index contributed by atoms with van der Waals surface area (Å²) in [6.45, 7) is 2.29. The number of carbonyl (C=O) groups is 1. The minimum Gasteiger partial charge on any atom is -0.486 e. The van der Waals surface area contributed by atoms with E-state index < -0.39 is 5.97 Å². The Kier molecular flexibility index (Phi) is 6.09. The van der Waals surface area contributed by atoms with Gasteiger partial charge in [-0.25, -0.2) is 9.78 Å². The summed E-state index contributed by atoms with van der Waals surface area (Å²) < 4.78 is 16.1. The van der Waals surface area contributed by atoms with Crippen LogP contribution in [0.3, 0.4) is 0 Å². The molecule has 134 valence electrons. The topological polar surface area (TPSA) is 61.6 Å². The van der Waals surface area contributed by atoms with Crippen LogP contribution in [0.4, 0.5) is 0 Å². The number of benzene rings is 1. The maximum Gasteiger partial charge on any atom is 0.331 e. The zero-order valence-corrected chi connectivity index (χ0v) is 15.5. The molecular formula is C19H16ClNO4S. The molecule has 3 aromatic rings. The monoisotopic (exact) mass is 389 g/mol. The van der Waals surface area contributed by atoms with Crippen molar-refractivity contribution in [3.63, 3.8) is 0 Å². The van der Waals surface area contributed by atoms with Crippen LogP contribution in [0.5, 0.6) is 5.75 Å². The molecule has 0 radical (unpaired) electrons. The van der Waals surface area contributed by atoms with Gasteiger partial charge in [0.05, 0.1) is 5.69 Å². The second-order valence-corrected chi connectivity index (χ2v) is 6.74. The molecule has 2 aromatic heterocycles. The summed E-state index contributed by atoms with van der Waals surface area (Å²) in [6.07, 6.45) is 2.90. The van der Waals surface area contributed by atoms with Crippen LogP contribution in [-0.2, 0) is 22.7 Å². The Morgan fingerprint density at radius 3 is 2.77 bits per heavy atom. The van der Waals surface area contributed by atoms with Crippen molar-refractivity contribution in [3.8, 4) is 5.75 Å². The molecule has 0 spiro atoms. The molecule has 0 bridgehead atoms. The van der Waals surface area contributed by atoms with Gasteiger partial charge in [0.25, 0.3) is 0 Å². The van der Waals surface area contributed by atoms with Crippen LogP contribution in [0.25, 0.3) is 6.08 Å². The number of nitrogens with zero attached hydrogens (tertiary/aromatic N) is 1. The fourth-order valence-electron chi connectivity index (χ4n) is 2.04. The Bertz CT molecular complexity index is 898. The average molecular weight is 390 g/mol. The van der Waals surface area contributed by atoms with Crippen LogP contribution >= 0.6 is 22.9 Å². The molecule has 0 aliphatic heterocycles. The van der Waals surface area contributed by atoms with E-state index in [0.717, 1.165) is 16.5 Å². The number of hydrogen-bond donors (Lipinski definition) is 0. The van der Waals surface area contributed by atoms with Gasteiger partial charge in [-0.2, -0.15) is 0 Å². The van der Waals surface area contributed by atoms with Crippen molar-refractivity contribution in [2.24, 2.45) is 0 Å². The quantitative estimate of drug-likeness (QED) is 0.418. The Balaban J connectivity index is 1.45. The standard InChI is InChI=1S/C19H16ClNO4S/c1-13-2-5-17(25-13)8-9-19(22)24-10-15-12-26-18(21-15)11-23-16-6-3-14(20)4-7-16/h2-9,12H,10-11H2,1H3/b9-8+. The van der Waals surface area contributed by atoms with E-state index in [2.05, 4.69) is 4.98 Å². The molecule has 0 unspecified atom stereocenters. The fraction of sp³-hybridized carbons (Fsp3) is 0.158. The lowest BCUT2D eigenvalue weighted by Crippen LogP contribution is -2.01. The SMILES string of the molecule is Cc1ccc(/C=C/C(=O)OCc2csc(COc3ccc(Cl)cc3)n2)o1. The van der Waals surface area contributed by atoms with Crippen LogP contribution in [0.2, 0.25) is 5.02 Å². The summed E-state index contributed by atoms with van der Waals surface area (Å²) >= 11 is 7.28. The summed E-state index contributed by atoms with van der Waals surface area (Å²) in [5.41, 5.74) is 0.681. The van der Waals surface area contributed by atoms with E-state index in [4.69, 9.17) is 25.5 Å². The number of carbonyl (C=O) groups excluding carboxylic acids is 1. The van der Waals surface area contributed by atoms with Crippen LogP contribution < -0.4 is 4.74 Å².